The quantitative estimate of drug-likeness (QED) is 0.897. The molecule has 6 nitrogen and oxygen atoms in total. The van der Waals surface area contributed by atoms with Crippen LogP contribution in [0.2, 0.25) is 0 Å². The number of carbonyl (C=O) groups is 1. The largest absolute Gasteiger partial charge is 0.586 e. The number of hydrogen-bond acceptors (Lipinski definition) is 4. The van der Waals surface area contributed by atoms with E-state index in [0.29, 0.717) is 19.6 Å². The number of fused-ring (bicyclic) bond motifs is 1. The zero-order valence-electron chi connectivity index (χ0n) is 13.0. The highest BCUT2D eigenvalue weighted by molar-refractivity contribution is 5.66. The molecule has 2 saturated heterocycles. The summed E-state index contributed by atoms with van der Waals surface area (Å²) in [4.78, 5) is 14.6. The van der Waals surface area contributed by atoms with Gasteiger partial charge in [0.1, 0.15) is 0 Å². The third-order valence-corrected chi connectivity index (χ3v) is 5.11. The summed E-state index contributed by atoms with van der Waals surface area (Å²) in [6.45, 7) is 3.64. The highest BCUT2D eigenvalue weighted by Crippen LogP contribution is 2.43. The number of alkyl halides is 2. The van der Waals surface area contributed by atoms with Crippen LogP contribution in [0.4, 0.5) is 13.6 Å². The van der Waals surface area contributed by atoms with Crippen molar-refractivity contribution in [1.29, 1.82) is 0 Å². The molecule has 0 atom stereocenters. The summed E-state index contributed by atoms with van der Waals surface area (Å²) in [6.07, 6.45) is -2.52. The van der Waals surface area contributed by atoms with E-state index in [2.05, 4.69) is 14.4 Å². The molecule has 1 aromatic rings. The summed E-state index contributed by atoms with van der Waals surface area (Å²) in [7, 11) is 0. The third-order valence-electron chi connectivity index (χ3n) is 5.11. The predicted molar refractivity (Wildman–Crippen MR) is 79.2 cm³/mol. The molecule has 1 aromatic carbocycles. The fourth-order valence-corrected chi connectivity index (χ4v) is 3.75. The minimum atomic E-state index is -3.58. The molecule has 0 aliphatic carbocycles. The normalized spacial score (nSPS) is 24.0. The summed E-state index contributed by atoms with van der Waals surface area (Å²) in [5, 5.41) is 8.95. The lowest BCUT2D eigenvalue weighted by atomic mass is 9.72. The van der Waals surface area contributed by atoms with Crippen LogP contribution >= 0.6 is 0 Å². The van der Waals surface area contributed by atoms with Crippen LogP contribution in [-0.4, -0.2) is 53.5 Å². The molecule has 1 spiro atoms. The van der Waals surface area contributed by atoms with Crippen molar-refractivity contribution in [2.75, 3.05) is 26.2 Å². The molecule has 1 amide bonds. The van der Waals surface area contributed by atoms with Crippen molar-refractivity contribution in [2.24, 2.45) is 5.41 Å². The van der Waals surface area contributed by atoms with Crippen LogP contribution in [0.1, 0.15) is 18.4 Å². The number of rotatable bonds is 2. The first-order chi connectivity index (χ1) is 11.3. The van der Waals surface area contributed by atoms with E-state index < -0.39 is 12.4 Å². The van der Waals surface area contributed by atoms with Crippen molar-refractivity contribution in [2.45, 2.75) is 25.7 Å². The van der Waals surface area contributed by atoms with Gasteiger partial charge in [0.05, 0.1) is 0 Å². The maximum absolute atomic E-state index is 13.0. The molecule has 0 unspecified atom stereocenters. The van der Waals surface area contributed by atoms with Crippen LogP contribution in [-0.2, 0) is 6.54 Å². The Morgan fingerprint density at radius 3 is 2.50 bits per heavy atom. The number of carboxylic acid groups (broad SMARTS) is 1. The maximum atomic E-state index is 13.0. The van der Waals surface area contributed by atoms with Gasteiger partial charge in [-0.05, 0) is 43.6 Å². The molecule has 24 heavy (non-hydrogen) atoms. The first-order valence-corrected chi connectivity index (χ1v) is 7.93. The number of likely N-dealkylation sites (tertiary alicyclic amines) is 2. The minimum Gasteiger partial charge on any atom is -0.465 e. The van der Waals surface area contributed by atoms with E-state index in [1.54, 1.807) is 12.1 Å². The van der Waals surface area contributed by atoms with Gasteiger partial charge in [-0.1, -0.05) is 6.07 Å². The zero-order valence-corrected chi connectivity index (χ0v) is 13.0. The molecular formula is C16H18F2N2O4. The fraction of sp³-hybridized carbons (Fsp3) is 0.562. The Morgan fingerprint density at radius 2 is 1.83 bits per heavy atom. The van der Waals surface area contributed by atoms with Crippen molar-refractivity contribution >= 4 is 6.09 Å². The monoisotopic (exact) mass is 340 g/mol. The lowest BCUT2D eigenvalue weighted by molar-refractivity contribution is -0.286. The van der Waals surface area contributed by atoms with Crippen LogP contribution in [0.25, 0.3) is 0 Å². The SMILES string of the molecule is O=C(O)N1CC2(CCN(Cc3ccc4c(c3)OC(F)(F)O4)CC2)C1. The number of ether oxygens (including phenoxy) is 2. The highest BCUT2D eigenvalue weighted by atomic mass is 19.3. The summed E-state index contributed by atoms with van der Waals surface area (Å²) < 4.78 is 35.0. The Morgan fingerprint density at radius 1 is 1.17 bits per heavy atom. The summed E-state index contributed by atoms with van der Waals surface area (Å²) >= 11 is 0. The molecule has 1 N–H and O–H groups in total. The van der Waals surface area contributed by atoms with E-state index in [1.165, 1.54) is 11.0 Å². The lowest BCUT2D eigenvalue weighted by Gasteiger charge is -2.52. The van der Waals surface area contributed by atoms with Crippen molar-refractivity contribution < 1.29 is 28.2 Å². The Labute approximate surface area is 137 Å². The topological polar surface area (TPSA) is 62.2 Å². The number of nitrogens with zero attached hydrogens (tertiary/aromatic N) is 2. The molecule has 3 aliphatic rings. The smallest absolute Gasteiger partial charge is 0.465 e. The van der Waals surface area contributed by atoms with Gasteiger partial charge in [-0.25, -0.2) is 4.79 Å². The first kappa shape index (κ1) is 15.4. The van der Waals surface area contributed by atoms with Gasteiger partial charge in [-0.15, -0.1) is 8.78 Å². The average molecular weight is 340 g/mol. The van der Waals surface area contributed by atoms with E-state index in [9.17, 15) is 13.6 Å². The van der Waals surface area contributed by atoms with E-state index >= 15 is 0 Å². The van der Waals surface area contributed by atoms with Gasteiger partial charge in [0.15, 0.2) is 11.5 Å². The molecule has 0 radical (unpaired) electrons. The first-order valence-electron chi connectivity index (χ1n) is 7.93. The van der Waals surface area contributed by atoms with Gasteiger partial charge in [-0.2, -0.15) is 0 Å². The number of halogens is 2. The van der Waals surface area contributed by atoms with Crippen molar-refractivity contribution in [3.05, 3.63) is 23.8 Å². The summed E-state index contributed by atoms with van der Waals surface area (Å²) in [5.74, 6) is 0.131. The summed E-state index contributed by atoms with van der Waals surface area (Å²) in [5.41, 5.74) is 1.03. The van der Waals surface area contributed by atoms with E-state index in [1.807, 2.05) is 0 Å². The minimum absolute atomic E-state index is 0.0598. The molecule has 0 bridgehead atoms. The molecule has 3 heterocycles. The molecule has 130 valence electrons. The number of hydrogen-bond donors (Lipinski definition) is 1. The lowest BCUT2D eigenvalue weighted by Crippen LogP contribution is -2.61. The van der Waals surface area contributed by atoms with Crippen LogP contribution in [0, 0.1) is 5.41 Å². The van der Waals surface area contributed by atoms with Crippen molar-refractivity contribution in [3.63, 3.8) is 0 Å². The van der Waals surface area contributed by atoms with E-state index in [0.717, 1.165) is 31.5 Å². The van der Waals surface area contributed by atoms with Crippen LogP contribution < -0.4 is 9.47 Å². The zero-order chi connectivity index (χ0) is 16.9. The number of amides is 1. The van der Waals surface area contributed by atoms with Gasteiger partial charge < -0.3 is 19.5 Å². The van der Waals surface area contributed by atoms with Crippen LogP contribution in [0.3, 0.4) is 0 Å². The Kier molecular flexibility index (Phi) is 3.35. The fourth-order valence-electron chi connectivity index (χ4n) is 3.75. The van der Waals surface area contributed by atoms with Crippen molar-refractivity contribution in [1.82, 2.24) is 9.80 Å². The summed E-state index contributed by atoms with van der Waals surface area (Å²) in [6, 6.07) is 4.87. The maximum Gasteiger partial charge on any atom is 0.586 e. The van der Waals surface area contributed by atoms with Crippen LogP contribution in [0.15, 0.2) is 18.2 Å². The molecule has 0 aromatic heterocycles. The molecular weight excluding hydrogens is 322 g/mol. The van der Waals surface area contributed by atoms with E-state index in [4.69, 9.17) is 5.11 Å². The second kappa shape index (κ2) is 5.20. The standard InChI is InChI=1S/C16H18F2N2O4/c17-16(18)23-12-2-1-11(7-13(12)24-16)8-19-5-3-15(4-6-19)9-20(10-15)14(21)22/h1-2,7H,3-6,8-10H2,(H,21,22). The molecule has 3 aliphatic heterocycles. The Bertz CT molecular complexity index is 666. The van der Waals surface area contributed by atoms with Crippen LogP contribution in [0.5, 0.6) is 11.5 Å². The predicted octanol–water partition coefficient (Wildman–Crippen LogP) is 2.58. The molecule has 0 saturated carbocycles. The molecule has 2 fully saturated rings. The average Bonchev–Trinajstić information content (AvgIpc) is 2.78. The van der Waals surface area contributed by atoms with Crippen molar-refractivity contribution in [3.8, 4) is 11.5 Å². The second-order valence-corrected chi connectivity index (χ2v) is 6.86. The van der Waals surface area contributed by atoms with Gasteiger partial charge in [-0.3, -0.25) is 4.90 Å². The van der Waals surface area contributed by atoms with Gasteiger partial charge in [0, 0.05) is 25.0 Å². The number of benzene rings is 1. The van der Waals surface area contributed by atoms with Gasteiger partial charge >= 0.3 is 12.4 Å². The number of piperidine rings is 1. The van der Waals surface area contributed by atoms with Gasteiger partial charge in [0.25, 0.3) is 0 Å². The Balaban J connectivity index is 1.33. The van der Waals surface area contributed by atoms with Gasteiger partial charge in [0.2, 0.25) is 0 Å². The highest BCUT2D eigenvalue weighted by Gasteiger charge is 2.47. The second-order valence-electron chi connectivity index (χ2n) is 6.86. The van der Waals surface area contributed by atoms with E-state index in [-0.39, 0.29) is 16.9 Å². The Hall–Kier alpha value is -2.09. The molecule has 8 heteroatoms. The molecule has 4 rings (SSSR count). The third kappa shape index (κ3) is 2.75.